The third-order valence-corrected chi connectivity index (χ3v) is 4.25. The summed E-state index contributed by atoms with van der Waals surface area (Å²) in [7, 11) is 3.25. The SMILES string of the molecule is COc1ccc(CNc2nc(-c3ccco3)nc3ccccc23)cc1OC. The number of para-hydroxylation sites is 1. The predicted molar refractivity (Wildman–Crippen MR) is 104 cm³/mol. The van der Waals surface area contributed by atoms with Crippen LogP contribution in [-0.2, 0) is 6.54 Å². The number of aromatic nitrogens is 2. The van der Waals surface area contributed by atoms with Crippen molar-refractivity contribution in [2.24, 2.45) is 0 Å². The summed E-state index contributed by atoms with van der Waals surface area (Å²) in [5.41, 5.74) is 1.91. The first kappa shape index (κ1) is 16.9. The van der Waals surface area contributed by atoms with Crippen LogP contribution in [0.2, 0.25) is 0 Å². The molecule has 0 bridgehead atoms. The minimum absolute atomic E-state index is 0.550. The molecule has 0 aliphatic carbocycles. The van der Waals surface area contributed by atoms with Crippen molar-refractivity contribution in [2.75, 3.05) is 19.5 Å². The number of nitrogens with one attached hydrogen (secondary N) is 1. The molecule has 0 spiro atoms. The van der Waals surface area contributed by atoms with Crippen LogP contribution in [0.5, 0.6) is 11.5 Å². The van der Waals surface area contributed by atoms with Gasteiger partial charge >= 0.3 is 0 Å². The number of rotatable bonds is 6. The minimum atomic E-state index is 0.550. The fourth-order valence-corrected chi connectivity index (χ4v) is 2.90. The summed E-state index contributed by atoms with van der Waals surface area (Å²) in [6.07, 6.45) is 1.62. The van der Waals surface area contributed by atoms with Gasteiger partial charge in [0.25, 0.3) is 0 Å². The van der Waals surface area contributed by atoms with E-state index < -0.39 is 0 Å². The number of hydrogen-bond donors (Lipinski definition) is 1. The molecule has 4 rings (SSSR count). The summed E-state index contributed by atoms with van der Waals surface area (Å²) >= 11 is 0. The van der Waals surface area contributed by atoms with E-state index >= 15 is 0 Å². The van der Waals surface area contributed by atoms with Crippen LogP contribution >= 0.6 is 0 Å². The Morgan fingerprint density at radius 2 is 1.78 bits per heavy atom. The molecule has 136 valence electrons. The lowest BCUT2D eigenvalue weighted by Crippen LogP contribution is -2.04. The second-order valence-corrected chi connectivity index (χ2v) is 5.93. The first-order chi connectivity index (χ1) is 13.3. The average molecular weight is 361 g/mol. The fourth-order valence-electron chi connectivity index (χ4n) is 2.90. The number of benzene rings is 2. The van der Waals surface area contributed by atoms with Gasteiger partial charge in [0.2, 0.25) is 0 Å². The van der Waals surface area contributed by atoms with E-state index in [0.29, 0.717) is 29.6 Å². The third kappa shape index (κ3) is 3.42. The van der Waals surface area contributed by atoms with E-state index in [9.17, 15) is 0 Å². The van der Waals surface area contributed by atoms with Crippen molar-refractivity contribution in [2.45, 2.75) is 6.54 Å². The summed E-state index contributed by atoms with van der Waals surface area (Å²) in [4.78, 5) is 9.26. The molecule has 4 aromatic rings. The molecule has 0 unspecified atom stereocenters. The largest absolute Gasteiger partial charge is 0.493 e. The molecule has 2 aromatic carbocycles. The van der Waals surface area contributed by atoms with Gasteiger partial charge in [-0.2, -0.15) is 0 Å². The summed E-state index contributed by atoms with van der Waals surface area (Å²) in [6, 6.07) is 17.4. The van der Waals surface area contributed by atoms with E-state index in [2.05, 4.69) is 15.3 Å². The smallest absolute Gasteiger partial charge is 0.198 e. The van der Waals surface area contributed by atoms with Gasteiger partial charge in [-0.25, -0.2) is 9.97 Å². The van der Waals surface area contributed by atoms with E-state index in [1.165, 1.54) is 0 Å². The van der Waals surface area contributed by atoms with Gasteiger partial charge in [-0.1, -0.05) is 18.2 Å². The van der Waals surface area contributed by atoms with Crippen molar-refractivity contribution >= 4 is 16.7 Å². The van der Waals surface area contributed by atoms with Gasteiger partial charge in [0.1, 0.15) is 5.82 Å². The molecular formula is C21H19N3O3. The Hall–Kier alpha value is -3.54. The van der Waals surface area contributed by atoms with Crippen LogP contribution in [0, 0.1) is 0 Å². The Morgan fingerprint density at radius 1 is 0.926 bits per heavy atom. The second-order valence-electron chi connectivity index (χ2n) is 5.93. The minimum Gasteiger partial charge on any atom is -0.493 e. The number of furan rings is 1. The van der Waals surface area contributed by atoms with Crippen LogP contribution < -0.4 is 14.8 Å². The first-order valence-corrected chi connectivity index (χ1v) is 8.54. The van der Waals surface area contributed by atoms with E-state index in [0.717, 1.165) is 22.3 Å². The molecule has 6 heteroatoms. The summed E-state index contributed by atoms with van der Waals surface area (Å²) in [6.45, 7) is 0.582. The molecule has 2 aromatic heterocycles. The highest BCUT2D eigenvalue weighted by Gasteiger charge is 2.11. The molecular weight excluding hydrogens is 342 g/mol. The van der Waals surface area contributed by atoms with Crippen molar-refractivity contribution in [1.29, 1.82) is 0 Å². The molecule has 0 radical (unpaired) electrons. The van der Waals surface area contributed by atoms with E-state index in [1.807, 2.05) is 54.6 Å². The van der Waals surface area contributed by atoms with Crippen molar-refractivity contribution in [1.82, 2.24) is 9.97 Å². The van der Waals surface area contributed by atoms with Crippen LogP contribution in [-0.4, -0.2) is 24.2 Å². The lowest BCUT2D eigenvalue weighted by molar-refractivity contribution is 0.354. The zero-order valence-electron chi connectivity index (χ0n) is 15.1. The highest BCUT2D eigenvalue weighted by molar-refractivity contribution is 5.90. The Labute approximate surface area is 156 Å². The summed E-state index contributed by atoms with van der Waals surface area (Å²) in [5.74, 6) is 3.33. The molecule has 0 fully saturated rings. The monoisotopic (exact) mass is 361 g/mol. The van der Waals surface area contributed by atoms with Crippen LogP contribution in [0.3, 0.4) is 0 Å². The highest BCUT2D eigenvalue weighted by atomic mass is 16.5. The van der Waals surface area contributed by atoms with Crippen molar-refractivity contribution < 1.29 is 13.9 Å². The zero-order chi connectivity index (χ0) is 18.6. The fraction of sp³-hybridized carbons (Fsp3) is 0.143. The van der Waals surface area contributed by atoms with E-state index in [4.69, 9.17) is 13.9 Å². The molecule has 6 nitrogen and oxygen atoms in total. The van der Waals surface area contributed by atoms with Gasteiger partial charge in [-0.3, -0.25) is 0 Å². The number of hydrogen-bond acceptors (Lipinski definition) is 6. The number of fused-ring (bicyclic) bond motifs is 1. The van der Waals surface area contributed by atoms with Crippen molar-refractivity contribution in [3.63, 3.8) is 0 Å². The highest BCUT2D eigenvalue weighted by Crippen LogP contribution is 2.29. The Morgan fingerprint density at radius 3 is 2.56 bits per heavy atom. The molecule has 0 amide bonds. The molecule has 0 aliphatic rings. The van der Waals surface area contributed by atoms with Crippen LogP contribution in [0.1, 0.15) is 5.56 Å². The van der Waals surface area contributed by atoms with Gasteiger partial charge < -0.3 is 19.2 Å². The maximum absolute atomic E-state index is 5.46. The van der Waals surface area contributed by atoms with Crippen molar-refractivity contribution in [3.8, 4) is 23.1 Å². The normalized spacial score (nSPS) is 10.7. The summed E-state index contributed by atoms with van der Waals surface area (Å²) in [5, 5.41) is 4.36. The van der Waals surface area contributed by atoms with E-state index in [-0.39, 0.29) is 0 Å². The second kappa shape index (κ2) is 7.37. The number of methoxy groups -OCH3 is 2. The van der Waals surface area contributed by atoms with Gasteiger partial charge in [0.05, 0.1) is 26.0 Å². The first-order valence-electron chi connectivity index (χ1n) is 8.54. The van der Waals surface area contributed by atoms with Crippen LogP contribution in [0.4, 0.5) is 5.82 Å². The third-order valence-electron chi connectivity index (χ3n) is 4.25. The number of anilines is 1. The number of nitrogens with zero attached hydrogens (tertiary/aromatic N) is 2. The average Bonchev–Trinajstić information content (AvgIpc) is 3.26. The lowest BCUT2D eigenvalue weighted by atomic mass is 10.2. The molecule has 0 aliphatic heterocycles. The molecule has 27 heavy (non-hydrogen) atoms. The van der Waals surface area contributed by atoms with Gasteiger partial charge in [0, 0.05) is 11.9 Å². The van der Waals surface area contributed by atoms with Crippen LogP contribution in [0.15, 0.2) is 65.3 Å². The quantitative estimate of drug-likeness (QED) is 0.544. The maximum atomic E-state index is 5.46. The Balaban J connectivity index is 1.67. The van der Waals surface area contributed by atoms with Gasteiger partial charge in [0.15, 0.2) is 23.1 Å². The lowest BCUT2D eigenvalue weighted by Gasteiger charge is -2.12. The Kier molecular flexibility index (Phi) is 4.61. The molecule has 0 atom stereocenters. The topological polar surface area (TPSA) is 69.4 Å². The Bertz CT molecular complexity index is 1060. The standard InChI is InChI=1S/C21H19N3O3/c1-25-17-10-9-14(12-19(17)26-2)13-22-20-15-6-3-4-7-16(15)23-21(24-20)18-8-5-11-27-18/h3-12H,13H2,1-2H3,(H,22,23,24). The number of ether oxygens (including phenoxy) is 2. The van der Waals surface area contributed by atoms with Gasteiger partial charge in [-0.05, 0) is 42.0 Å². The summed E-state index contributed by atoms with van der Waals surface area (Å²) < 4.78 is 16.1. The predicted octanol–water partition coefficient (Wildman–Crippen LogP) is 4.52. The van der Waals surface area contributed by atoms with E-state index in [1.54, 1.807) is 20.5 Å². The molecule has 0 saturated carbocycles. The maximum Gasteiger partial charge on any atom is 0.198 e. The molecule has 2 heterocycles. The molecule has 1 N–H and O–H groups in total. The zero-order valence-corrected chi connectivity index (χ0v) is 15.1. The van der Waals surface area contributed by atoms with Crippen molar-refractivity contribution in [3.05, 3.63) is 66.4 Å². The van der Waals surface area contributed by atoms with Gasteiger partial charge in [-0.15, -0.1) is 0 Å². The van der Waals surface area contributed by atoms with Crippen LogP contribution in [0.25, 0.3) is 22.5 Å². The molecule has 0 saturated heterocycles.